The van der Waals surface area contributed by atoms with Gasteiger partial charge in [0.05, 0.1) is 29.4 Å². The zero-order valence-electron chi connectivity index (χ0n) is 11.5. The first-order chi connectivity index (χ1) is 9.92. The molecule has 114 valence electrons. The van der Waals surface area contributed by atoms with Crippen LogP contribution in [0.3, 0.4) is 0 Å². The number of halogens is 1. The van der Waals surface area contributed by atoms with Crippen molar-refractivity contribution in [1.82, 2.24) is 14.9 Å². The van der Waals surface area contributed by atoms with Gasteiger partial charge in [0.15, 0.2) is 9.84 Å². The number of aromatic nitrogens is 2. The molecule has 0 bridgehead atoms. The highest BCUT2D eigenvalue weighted by molar-refractivity contribution is 7.91. The lowest BCUT2D eigenvalue weighted by Gasteiger charge is -2.40. The van der Waals surface area contributed by atoms with Crippen LogP contribution >= 0.6 is 11.6 Å². The van der Waals surface area contributed by atoms with E-state index in [0.717, 1.165) is 19.3 Å². The maximum absolute atomic E-state index is 12.7. The summed E-state index contributed by atoms with van der Waals surface area (Å²) in [5.74, 6) is -0.00683. The van der Waals surface area contributed by atoms with E-state index < -0.39 is 15.4 Å². The second-order valence-electron chi connectivity index (χ2n) is 5.71. The second-order valence-corrected chi connectivity index (χ2v) is 8.28. The van der Waals surface area contributed by atoms with E-state index in [4.69, 9.17) is 11.6 Å². The standard InChI is InChI=1S/C13H16ClN3O3S/c14-11-8-15-7-10(16-11)12(18)17-5-1-3-13(17)4-2-6-21(19,20)9-13/h7-8H,1-6,9H2. The van der Waals surface area contributed by atoms with Gasteiger partial charge in [-0.15, -0.1) is 0 Å². The van der Waals surface area contributed by atoms with Gasteiger partial charge >= 0.3 is 0 Å². The van der Waals surface area contributed by atoms with E-state index in [1.165, 1.54) is 12.4 Å². The van der Waals surface area contributed by atoms with E-state index in [2.05, 4.69) is 9.97 Å². The normalized spacial score (nSPS) is 28.0. The maximum atomic E-state index is 12.7. The van der Waals surface area contributed by atoms with Crippen LogP contribution in [0.1, 0.15) is 36.2 Å². The lowest BCUT2D eigenvalue weighted by Crippen LogP contribution is -2.54. The number of nitrogens with zero attached hydrogens (tertiary/aromatic N) is 3. The molecule has 0 aromatic carbocycles. The molecule has 1 amide bonds. The summed E-state index contributed by atoms with van der Waals surface area (Å²) in [6.45, 7) is 0.558. The highest BCUT2D eigenvalue weighted by Gasteiger charge is 2.48. The van der Waals surface area contributed by atoms with Crippen molar-refractivity contribution in [3.05, 3.63) is 23.2 Å². The number of hydrogen-bond acceptors (Lipinski definition) is 5. The number of carbonyl (C=O) groups is 1. The third kappa shape index (κ3) is 2.76. The summed E-state index contributed by atoms with van der Waals surface area (Å²) in [6.07, 6.45) is 5.61. The first-order valence-electron chi connectivity index (χ1n) is 6.92. The highest BCUT2D eigenvalue weighted by Crippen LogP contribution is 2.38. The Kier molecular flexibility index (Phi) is 3.65. The molecule has 6 nitrogen and oxygen atoms in total. The zero-order chi connectivity index (χ0) is 15.1. The van der Waals surface area contributed by atoms with Crippen molar-refractivity contribution in [2.24, 2.45) is 0 Å². The molecule has 0 N–H and O–H groups in total. The highest BCUT2D eigenvalue weighted by atomic mass is 35.5. The molecule has 3 rings (SSSR count). The van der Waals surface area contributed by atoms with Crippen molar-refractivity contribution in [3.8, 4) is 0 Å². The summed E-state index contributed by atoms with van der Waals surface area (Å²) >= 11 is 5.78. The molecule has 2 saturated heterocycles. The minimum Gasteiger partial charge on any atom is -0.331 e. The van der Waals surface area contributed by atoms with Crippen molar-refractivity contribution in [2.75, 3.05) is 18.1 Å². The number of likely N-dealkylation sites (tertiary alicyclic amines) is 1. The van der Waals surface area contributed by atoms with Crippen molar-refractivity contribution >= 4 is 27.3 Å². The number of hydrogen-bond donors (Lipinski definition) is 0. The van der Waals surface area contributed by atoms with E-state index in [0.29, 0.717) is 13.0 Å². The van der Waals surface area contributed by atoms with Gasteiger partial charge in [-0.3, -0.25) is 9.78 Å². The second kappa shape index (κ2) is 5.21. The average Bonchev–Trinajstić information content (AvgIpc) is 2.79. The summed E-state index contributed by atoms with van der Waals surface area (Å²) < 4.78 is 24.0. The molecule has 21 heavy (non-hydrogen) atoms. The van der Waals surface area contributed by atoms with E-state index in [1.54, 1.807) is 4.90 Å². The van der Waals surface area contributed by atoms with Crippen molar-refractivity contribution in [2.45, 2.75) is 31.2 Å². The lowest BCUT2D eigenvalue weighted by atomic mass is 9.92. The molecule has 0 saturated carbocycles. The molecule has 1 spiro atoms. The maximum Gasteiger partial charge on any atom is 0.274 e. The van der Waals surface area contributed by atoms with Gasteiger partial charge in [0.1, 0.15) is 10.8 Å². The van der Waals surface area contributed by atoms with Gasteiger partial charge in [-0.05, 0) is 25.7 Å². The molecular weight excluding hydrogens is 314 g/mol. The van der Waals surface area contributed by atoms with Crippen LogP contribution in [0.4, 0.5) is 0 Å². The van der Waals surface area contributed by atoms with E-state index >= 15 is 0 Å². The van der Waals surface area contributed by atoms with Gasteiger partial charge in [-0.1, -0.05) is 11.6 Å². The number of amides is 1. The van der Waals surface area contributed by atoms with Crippen LogP contribution in [-0.2, 0) is 9.84 Å². The van der Waals surface area contributed by atoms with E-state index in [1.807, 2.05) is 0 Å². The molecule has 0 radical (unpaired) electrons. The fraction of sp³-hybridized carbons (Fsp3) is 0.615. The Morgan fingerprint density at radius 2 is 2.05 bits per heavy atom. The van der Waals surface area contributed by atoms with Gasteiger partial charge in [0.25, 0.3) is 5.91 Å². The lowest BCUT2D eigenvalue weighted by molar-refractivity contribution is 0.0601. The van der Waals surface area contributed by atoms with E-state index in [-0.39, 0.29) is 28.3 Å². The Bertz CT molecular complexity index is 679. The Morgan fingerprint density at radius 3 is 2.76 bits per heavy atom. The third-order valence-electron chi connectivity index (χ3n) is 4.25. The van der Waals surface area contributed by atoms with Crippen LogP contribution in [-0.4, -0.2) is 52.8 Å². The fourth-order valence-electron chi connectivity index (χ4n) is 3.42. The minimum absolute atomic E-state index is 0.0553. The molecule has 8 heteroatoms. The summed E-state index contributed by atoms with van der Waals surface area (Å²) in [5, 5.41) is 0.158. The molecule has 1 aromatic heterocycles. The van der Waals surface area contributed by atoms with Crippen LogP contribution in [0.2, 0.25) is 5.15 Å². The van der Waals surface area contributed by atoms with E-state index in [9.17, 15) is 13.2 Å². The van der Waals surface area contributed by atoms with Crippen LogP contribution in [0.15, 0.2) is 12.4 Å². The predicted molar refractivity (Wildman–Crippen MR) is 77.9 cm³/mol. The molecule has 1 atom stereocenters. The number of rotatable bonds is 1. The number of sulfone groups is 1. The molecule has 1 aromatic rings. The van der Waals surface area contributed by atoms with Gasteiger partial charge in [0.2, 0.25) is 0 Å². The molecule has 2 aliphatic rings. The Balaban J connectivity index is 1.92. The molecule has 2 fully saturated rings. The summed E-state index contributed by atoms with van der Waals surface area (Å²) in [6, 6.07) is 0. The fourth-order valence-corrected chi connectivity index (χ4v) is 5.56. The van der Waals surface area contributed by atoms with Crippen LogP contribution in [0.5, 0.6) is 0 Å². The van der Waals surface area contributed by atoms with Crippen LogP contribution < -0.4 is 0 Å². The van der Waals surface area contributed by atoms with Gasteiger partial charge in [0, 0.05) is 6.54 Å². The third-order valence-corrected chi connectivity index (χ3v) is 6.32. The molecule has 1 unspecified atom stereocenters. The van der Waals surface area contributed by atoms with Crippen LogP contribution in [0, 0.1) is 0 Å². The quantitative estimate of drug-likeness (QED) is 0.776. The first kappa shape index (κ1) is 14.7. The van der Waals surface area contributed by atoms with Crippen molar-refractivity contribution in [3.63, 3.8) is 0 Å². The molecule has 3 heterocycles. The smallest absolute Gasteiger partial charge is 0.274 e. The predicted octanol–water partition coefficient (Wildman–Crippen LogP) is 1.31. The Hall–Kier alpha value is -1.21. The summed E-state index contributed by atoms with van der Waals surface area (Å²) in [7, 11) is -3.09. The van der Waals surface area contributed by atoms with Crippen molar-refractivity contribution < 1.29 is 13.2 Å². The minimum atomic E-state index is -3.09. The van der Waals surface area contributed by atoms with Gasteiger partial charge in [-0.2, -0.15) is 0 Å². The van der Waals surface area contributed by atoms with Crippen molar-refractivity contribution in [1.29, 1.82) is 0 Å². The molecule has 0 aliphatic carbocycles. The zero-order valence-corrected chi connectivity index (χ0v) is 13.0. The monoisotopic (exact) mass is 329 g/mol. The summed E-state index contributed by atoms with van der Waals surface area (Å²) in [4.78, 5) is 22.2. The topological polar surface area (TPSA) is 80.2 Å². The van der Waals surface area contributed by atoms with Crippen LogP contribution in [0.25, 0.3) is 0 Å². The Labute approximate surface area is 128 Å². The summed E-state index contributed by atoms with van der Waals surface area (Å²) in [5.41, 5.74) is -0.398. The SMILES string of the molecule is O=C(c1cncc(Cl)n1)N1CCCC12CCCS(=O)(=O)C2. The molecular formula is C13H16ClN3O3S. The Morgan fingerprint density at radius 1 is 1.29 bits per heavy atom. The molecule has 2 aliphatic heterocycles. The first-order valence-corrected chi connectivity index (χ1v) is 9.12. The number of carbonyl (C=O) groups excluding carboxylic acids is 1. The van der Waals surface area contributed by atoms with Gasteiger partial charge < -0.3 is 4.90 Å². The average molecular weight is 330 g/mol. The van der Waals surface area contributed by atoms with Gasteiger partial charge in [-0.25, -0.2) is 13.4 Å². The largest absolute Gasteiger partial charge is 0.331 e.